The maximum Gasteiger partial charge on any atom is 0.339 e. The standard InChI is InChI=1S/C35H37ClFNO5/c1-9-10-11-22(31-19(2)23(18-42-31)33(40)41)17-35(7,8)20(3)30(39)29-16-28-32(43-29)24(34(4,5)6)15-27(38-28)21-12-13-25(36)26(37)14-21/h11-16,18H,3,9-10,17H2,1-2,4-8H3,(H,40,41)/b22-11+. The third-order valence-corrected chi connectivity index (χ3v) is 8.00. The van der Waals surface area contributed by atoms with Gasteiger partial charge in [0.25, 0.3) is 0 Å². The number of ketones is 1. The second kappa shape index (κ2) is 12.0. The Kier molecular flexibility index (Phi) is 8.89. The van der Waals surface area contributed by atoms with Crippen LogP contribution in [0.15, 0.2) is 63.7 Å². The van der Waals surface area contributed by atoms with Crippen LogP contribution in [0, 0.1) is 18.2 Å². The second-order valence-corrected chi connectivity index (χ2v) is 13.0. The number of allylic oxidation sites excluding steroid dienone is 3. The number of fused-ring (bicyclic) bond motifs is 1. The lowest BCUT2D eigenvalue weighted by Gasteiger charge is -2.27. The molecular weight excluding hydrogens is 569 g/mol. The third kappa shape index (κ3) is 6.52. The molecule has 0 atom stereocenters. The van der Waals surface area contributed by atoms with E-state index < -0.39 is 17.2 Å². The number of halogens is 2. The number of carboxylic acid groups (broad SMARTS) is 1. The summed E-state index contributed by atoms with van der Waals surface area (Å²) in [6, 6.07) is 7.98. The van der Waals surface area contributed by atoms with Gasteiger partial charge in [-0.15, -0.1) is 0 Å². The fraction of sp³-hybridized carbons (Fsp3) is 0.343. The molecule has 0 bridgehead atoms. The molecule has 1 aromatic carbocycles. The predicted molar refractivity (Wildman–Crippen MR) is 168 cm³/mol. The van der Waals surface area contributed by atoms with E-state index in [4.69, 9.17) is 25.4 Å². The molecular formula is C35H37ClFNO5. The smallest absolute Gasteiger partial charge is 0.339 e. The van der Waals surface area contributed by atoms with Gasteiger partial charge in [0.1, 0.15) is 28.9 Å². The molecule has 0 aliphatic carbocycles. The van der Waals surface area contributed by atoms with Crippen LogP contribution in [0.5, 0.6) is 0 Å². The monoisotopic (exact) mass is 605 g/mol. The lowest BCUT2D eigenvalue weighted by Crippen LogP contribution is -2.21. The summed E-state index contributed by atoms with van der Waals surface area (Å²) in [5.41, 5.74) is 3.55. The summed E-state index contributed by atoms with van der Waals surface area (Å²) in [6.07, 6.45) is 5.32. The molecule has 1 N–H and O–H groups in total. The molecule has 4 aromatic rings. The minimum absolute atomic E-state index is 0.0235. The number of nitrogens with zero attached hydrogens (tertiary/aromatic N) is 1. The van der Waals surface area contributed by atoms with Crippen LogP contribution in [-0.4, -0.2) is 21.8 Å². The first-order valence-electron chi connectivity index (χ1n) is 14.2. The number of unbranched alkanes of at least 4 members (excludes halogenated alkanes) is 1. The van der Waals surface area contributed by atoms with Gasteiger partial charge in [0.2, 0.25) is 5.78 Å². The van der Waals surface area contributed by atoms with Gasteiger partial charge in [0, 0.05) is 28.3 Å². The Balaban J connectivity index is 1.72. The Hall–Kier alpha value is -3.97. The molecule has 8 heteroatoms. The van der Waals surface area contributed by atoms with E-state index in [-0.39, 0.29) is 27.5 Å². The highest BCUT2D eigenvalue weighted by molar-refractivity contribution is 6.30. The SMILES string of the molecule is C=C(C(=O)c1cc2nc(-c3ccc(Cl)c(F)c3)cc(C(C)(C)C)c2o1)C(C)(C)C/C(=C\CCC)c1occ(C(=O)O)c1C. The third-order valence-electron chi connectivity index (χ3n) is 7.69. The van der Waals surface area contributed by atoms with E-state index in [2.05, 4.69) is 13.5 Å². The van der Waals surface area contributed by atoms with Crippen LogP contribution in [0.3, 0.4) is 0 Å². The Morgan fingerprint density at radius 1 is 1.14 bits per heavy atom. The molecule has 3 heterocycles. The Labute approximate surface area is 256 Å². The zero-order valence-corrected chi connectivity index (χ0v) is 26.4. The maximum atomic E-state index is 14.3. The van der Waals surface area contributed by atoms with Crippen LogP contribution in [0.25, 0.3) is 27.9 Å². The average molecular weight is 606 g/mol. The van der Waals surface area contributed by atoms with Crippen LogP contribution < -0.4 is 0 Å². The fourth-order valence-corrected chi connectivity index (χ4v) is 5.16. The topological polar surface area (TPSA) is 93.5 Å². The van der Waals surface area contributed by atoms with Gasteiger partial charge < -0.3 is 13.9 Å². The summed E-state index contributed by atoms with van der Waals surface area (Å²) in [5.74, 6) is -1.37. The number of aromatic carboxylic acids is 1. The van der Waals surface area contributed by atoms with Gasteiger partial charge in [-0.05, 0) is 54.4 Å². The van der Waals surface area contributed by atoms with Crippen molar-refractivity contribution in [2.24, 2.45) is 5.41 Å². The number of rotatable bonds is 10. The van der Waals surface area contributed by atoms with Crippen molar-refractivity contribution < 1.29 is 27.9 Å². The first-order valence-corrected chi connectivity index (χ1v) is 14.6. The molecule has 43 heavy (non-hydrogen) atoms. The van der Waals surface area contributed by atoms with Crippen molar-refractivity contribution in [3.8, 4) is 11.3 Å². The van der Waals surface area contributed by atoms with Gasteiger partial charge in [-0.2, -0.15) is 0 Å². The predicted octanol–water partition coefficient (Wildman–Crippen LogP) is 10.2. The van der Waals surface area contributed by atoms with Gasteiger partial charge >= 0.3 is 5.97 Å². The average Bonchev–Trinajstić information content (AvgIpc) is 3.54. The number of hydrogen-bond donors (Lipinski definition) is 1. The molecule has 0 radical (unpaired) electrons. The van der Waals surface area contributed by atoms with Crippen molar-refractivity contribution >= 4 is 40.0 Å². The highest BCUT2D eigenvalue weighted by Gasteiger charge is 2.33. The van der Waals surface area contributed by atoms with Crippen molar-refractivity contribution in [3.63, 3.8) is 0 Å². The normalized spacial score (nSPS) is 12.6. The van der Waals surface area contributed by atoms with Crippen molar-refractivity contribution in [1.29, 1.82) is 0 Å². The van der Waals surface area contributed by atoms with E-state index in [0.717, 1.165) is 24.0 Å². The summed E-state index contributed by atoms with van der Waals surface area (Å²) < 4.78 is 26.2. The number of carbonyl (C=O) groups is 2. The summed E-state index contributed by atoms with van der Waals surface area (Å²) in [7, 11) is 0. The number of Topliss-reactive ketones (excluding diaryl/α,β-unsaturated/α-hetero) is 1. The lowest BCUT2D eigenvalue weighted by atomic mass is 9.76. The number of pyridine rings is 1. The fourth-order valence-electron chi connectivity index (χ4n) is 5.04. The summed E-state index contributed by atoms with van der Waals surface area (Å²) in [6.45, 7) is 17.8. The minimum Gasteiger partial charge on any atom is -0.478 e. The summed E-state index contributed by atoms with van der Waals surface area (Å²) >= 11 is 5.90. The molecule has 0 amide bonds. The van der Waals surface area contributed by atoms with Gasteiger partial charge in [0.05, 0.1) is 10.7 Å². The highest BCUT2D eigenvalue weighted by Crippen LogP contribution is 2.41. The molecule has 0 saturated heterocycles. The number of carbonyl (C=O) groups excluding carboxylic acids is 1. The van der Waals surface area contributed by atoms with Crippen molar-refractivity contribution in [2.75, 3.05) is 0 Å². The Morgan fingerprint density at radius 2 is 1.84 bits per heavy atom. The van der Waals surface area contributed by atoms with E-state index in [1.54, 1.807) is 19.1 Å². The summed E-state index contributed by atoms with van der Waals surface area (Å²) in [5, 5.41) is 9.54. The molecule has 0 aliphatic rings. The Bertz CT molecular complexity index is 1770. The molecule has 226 valence electrons. The van der Waals surface area contributed by atoms with Crippen LogP contribution in [0.2, 0.25) is 5.02 Å². The van der Waals surface area contributed by atoms with Gasteiger partial charge in [-0.3, -0.25) is 4.79 Å². The van der Waals surface area contributed by atoms with Gasteiger partial charge in [0.15, 0.2) is 11.3 Å². The molecule has 0 spiro atoms. The number of furan rings is 2. The summed E-state index contributed by atoms with van der Waals surface area (Å²) in [4.78, 5) is 30.2. The van der Waals surface area contributed by atoms with Gasteiger partial charge in [-0.25, -0.2) is 14.2 Å². The molecule has 0 fully saturated rings. The van der Waals surface area contributed by atoms with Crippen LogP contribution in [0.4, 0.5) is 4.39 Å². The molecule has 0 saturated carbocycles. The quantitative estimate of drug-likeness (QED) is 0.143. The molecule has 0 unspecified atom stereocenters. The maximum absolute atomic E-state index is 14.3. The number of carboxylic acids is 1. The molecule has 0 aliphatic heterocycles. The van der Waals surface area contributed by atoms with Crippen molar-refractivity contribution in [2.45, 2.75) is 73.1 Å². The number of hydrogen-bond acceptors (Lipinski definition) is 5. The second-order valence-electron chi connectivity index (χ2n) is 12.6. The van der Waals surface area contributed by atoms with E-state index in [1.165, 1.54) is 18.4 Å². The van der Waals surface area contributed by atoms with E-state index in [0.29, 0.717) is 45.7 Å². The van der Waals surface area contributed by atoms with E-state index >= 15 is 0 Å². The minimum atomic E-state index is -1.06. The highest BCUT2D eigenvalue weighted by atomic mass is 35.5. The number of benzene rings is 1. The molecule has 6 nitrogen and oxygen atoms in total. The van der Waals surface area contributed by atoms with Gasteiger partial charge in [-0.1, -0.05) is 78.3 Å². The zero-order chi connectivity index (χ0) is 31.9. The van der Waals surface area contributed by atoms with Crippen molar-refractivity contribution in [1.82, 2.24) is 4.98 Å². The van der Waals surface area contributed by atoms with Crippen LogP contribution >= 0.6 is 11.6 Å². The zero-order valence-electron chi connectivity index (χ0n) is 25.7. The van der Waals surface area contributed by atoms with E-state index in [1.807, 2.05) is 46.8 Å². The molecule has 3 aromatic heterocycles. The first kappa shape index (κ1) is 32.0. The van der Waals surface area contributed by atoms with E-state index in [9.17, 15) is 19.1 Å². The van der Waals surface area contributed by atoms with Crippen molar-refractivity contribution in [3.05, 3.63) is 93.9 Å². The Morgan fingerprint density at radius 3 is 2.42 bits per heavy atom. The first-order chi connectivity index (χ1) is 20.0. The van der Waals surface area contributed by atoms with Crippen LogP contribution in [0.1, 0.15) is 98.6 Å². The largest absolute Gasteiger partial charge is 0.478 e. The lowest BCUT2D eigenvalue weighted by molar-refractivity contribution is 0.0695. The van der Waals surface area contributed by atoms with Crippen LogP contribution in [-0.2, 0) is 5.41 Å². The molecule has 4 rings (SSSR count). The number of aromatic nitrogens is 1.